The molecule has 0 unspecified atom stereocenters. The van der Waals surface area contributed by atoms with Crippen LogP contribution in [0.3, 0.4) is 0 Å². The summed E-state index contributed by atoms with van der Waals surface area (Å²) in [5.41, 5.74) is 4.09. The Hall–Kier alpha value is -3.82. The standard InChI is InChI=1S/C21H20N8O/c22-11-14-9-16(3-4-19(14)28-5-7-30-8-6-28)26-20-10-18(25-15-1-2-15)21-24-13-17(12-23)29(21)27-20/h3-4,9-10,13,15,25H,1-2,5-8H2,(H,26,27). The van der Waals surface area contributed by atoms with E-state index in [1.165, 1.54) is 6.20 Å². The molecule has 0 spiro atoms. The fourth-order valence-electron chi connectivity index (χ4n) is 3.59. The number of nitrogens with zero attached hydrogens (tertiary/aromatic N) is 6. The maximum atomic E-state index is 9.66. The summed E-state index contributed by atoms with van der Waals surface area (Å²) in [6.45, 7) is 2.87. The second-order valence-corrected chi connectivity index (χ2v) is 7.42. The van der Waals surface area contributed by atoms with Crippen molar-refractivity contribution in [3.63, 3.8) is 0 Å². The van der Waals surface area contributed by atoms with E-state index in [1.54, 1.807) is 4.52 Å². The van der Waals surface area contributed by atoms with Crippen molar-refractivity contribution >= 4 is 28.5 Å². The number of ether oxygens (including phenoxy) is 1. The minimum Gasteiger partial charge on any atom is -0.379 e. The topological polar surface area (TPSA) is 114 Å². The number of anilines is 4. The van der Waals surface area contributed by atoms with Gasteiger partial charge in [-0.25, -0.2) is 4.98 Å². The van der Waals surface area contributed by atoms with Crippen LogP contribution in [-0.2, 0) is 4.74 Å². The van der Waals surface area contributed by atoms with Gasteiger partial charge in [0.2, 0.25) is 0 Å². The minimum absolute atomic E-state index is 0.368. The SMILES string of the molecule is N#Cc1cc(Nc2cc(NC3CC3)c3ncc(C#N)n3n2)ccc1N1CCOCC1. The lowest BCUT2D eigenvalue weighted by atomic mass is 10.1. The van der Waals surface area contributed by atoms with Gasteiger partial charge in [0.1, 0.15) is 12.1 Å². The lowest BCUT2D eigenvalue weighted by molar-refractivity contribution is 0.122. The van der Waals surface area contributed by atoms with Crippen molar-refractivity contribution in [3.05, 3.63) is 41.7 Å². The van der Waals surface area contributed by atoms with Crippen LogP contribution in [0.5, 0.6) is 0 Å². The van der Waals surface area contributed by atoms with E-state index in [4.69, 9.17) is 4.74 Å². The molecule has 1 aliphatic heterocycles. The van der Waals surface area contributed by atoms with E-state index < -0.39 is 0 Å². The van der Waals surface area contributed by atoms with Crippen molar-refractivity contribution in [2.24, 2.45) is 0 Å². The molecule has 2 fully saturated rings. The molecule has 1 aromatic carbocycles. The first-order valence-electron chi connectivity index (χ1n) is 9.94. The summed E-state index contributed by atoms with van der Waals surface area (Å²) in [5.74, 6) is 0.572. The molecule has 1 saturated carbocycles. The molecule has 0 atom stereocenters. The summed E-state index contributed by atoms with van der Waals surface area (Å²) in [7, 11) is 0. The summed E-state index contributed by atoms with van der Waals surface area (Å²) in [6, 6.07) is 12.5. The molecule has 9 heteroatoms. The van der Waals surface area contributed by atoms with Gasteiger partial charge in [0.15, 0.2) is 17.2 Å². The number of hydrogen-bond acceptors (Lipinski definition) is 8. The van der Waals surface area contributed by atoms with Crippen molar-refractivity contribution < 1.29 is 4.74 Å². The molecule has 150 valence electrons. The summed E-state index contributed by atoms with van der Waals surface area (Å²) in [4.78, 5) is 6.50. The number of imidazole rings is 1. The van der Waals surface area contributed by atoms with Gasteiger partial charge in [0, 0.05) is 30.9 Å². The van der Waals surface area contributed by atoms with Crippen LogP contribution < -0.4 is 15.5 Å². The Morgan fingerprint density at radius 1 is 1.10 bits per heavy atom. The zero-order valence-corrected chi connectivity index (χ0v) is 16.3. The third kappa shape index (κ3) is 3.47. The molecule has 2 aromatic heterocycles. The summed E-state index contributed by atoms with van der Waals surface area (Å²) < 4.78 is 6.95. The smallest absolute Gasteiger partial charge is 0.178 e. The van der Waals surface area contributed by atoms with Gasteiger partial charge < -0.3 is 20.3 Å². The molecule has 0 bridgehead atoms. The molecular weight excluding hydrogens is 380 g/mol. The average Bonchev–Trinajstić information content (AvgIpc) is 3.50. The van der Waals surface area contributed by atoms with Crippen LogP contribution in [-0.4, -0.2) is 46.9 Å². The van der Waals surface area contributed by atoms with Crippen LogP contribution in [0, 0.1) is 22.7 Å². The van der Waals surface area contributed by atoms with E-state index in [0.717, 1.165) is 43.0 Å². The van der Waals surface area contributed by atoms with Crippen LogP contribution >= 0.6 is 0 Å². The minimum atomic E-state index is 0.368. The van der Waals surface area contributed by atoms with Crippen LogP contribution in [0.25, 0.3) is 5.65 Å². The van der Waals surface area contributed by atoms with Gasteiger partial charge in [-0.15, -0.1) is 5.10 Å². The molecule has 30 heavy (non-hydrogen) atoms. The highest BCUT2D eigenvalue weighted by Crippen LogP contribution is 2.30. The summed E-state index contributed by atoms with van der Waals surface area (Å²) >= 11 is 0. The van der Waals surface area contributed by atoms with Gasteiger partial charge >= 0.3 is 0 Å². The highest BCUT2D eigenvalue weighted by atomic mass is 16.5. The molecule has 3 heterocycles. The fourth-order valence-corrected chi connectivity index (χ4v) is 3.59. The Balaban J connectivity index is 1.47. The molecule has 5 rings (SSSR count). The Bertz CT molecular complexity index is 1180. The van der Waals surface area contributed by atoms with Crippen molar-refractivity contribution in [1.82, 2.24) is 14.6 Å². The largest absolute Gasteiger partial charge is 0.379 e. The lowest BCUT2D eigenvalue weighted by Gasteiger charge is -2.29. The van der Waals surface area contributed by atoms with Crippen molar-refractivity contribution in [1.29, 1.82) is 10.5 Å². The Morgan fingerprint density at radius 3 is 2.67 bits per heavy atom. The number of rotatable bonds is 5. The quantitative estimate of drug-likeness (QED) is 0.672. The third-order valence-electron chi connectivity index (χ3n) is 5.26. The molecule has 2 N–H and O–H groups in total. The second-order valence-electron chi connectivity index (χ2n) is 7.42. The van der Waals surface area contributed by atoms with E-state index in [1.807, 2.05) is 24.3 Å². The number of morpholine rings is 1. The van der Waals surface area contributed by atoms with Crippen LogP contribution in [0.15, 0.2) is 30.5 Å². The number of aromatic nitrogens is 3. The predicted octanol–water partition coefficient (Wildman–Crippen LogP) is 2.63. The molecule has 1 saturated heterocycles. The first-order chi connectivity index (χ1) is 14.7. The van der Waals surface area contributed by atoms with Gasteiger partial charge in [-0.2, -0.15) is 15.0 Å². The predicted molar refractivity (Wildman–Crippen MR) is 112 cm³/mol. The van der Waals surface area contributed by atoms with Gasteiger partial charge in [-0.1, -0.05) is 0 Å². The lowest BCUT2D eigenvalue weighted by Crippen LogP contribution is -2.36. The van der Waals surface area contributed by atoms with E-state index in [0.29, 0.717) is 42.0 Å². The number of fused-ring (bicyclic) bond motifs is 1. The zero-order valence-electron chi connectivity index (χ0n) is 16.3. The Morgan fingerprint density at radius 2 is 1.93 bits per heavy atom. The van der Waals surface area contributed by atoms with Gasteiger partial charge in [-0.05, 0) is 31.0 Å². The molecule has 2 aliphatic rings. The normalized spacial score (nSPS) is 16.1. The highest BCUT2D eigenvalue weighted by Gasteiger charge is 2.23. The second kappa shape index (κ2) is 7.54. The monoisotopic (exact) mass is 400 g/mol. The Labute approximate surface area is 173 Å². The molecular formula is C21H20N8O. The Kier molecular flexibility index (Phi) is 4.58. The zero-order chi connectivity index (χ0) is 20.5. The van der Waals surface area contributed by atoms with Crippen LogP contribution in [0.4, 0.5) is 22.9 Å². The third-order valence-corrected chi connectivity index (χ3v) is 5.26. The van der Waals surface area contributed by atoms with Crippen molar-refractivity contribution in [2.75, 3.05) is 41.8 Å². The number of nitrogens with one attached hydrogen (secondary N) is 2. The van der Waals surface area contributed by atoms with E-state index in [2.05, 4.69) is 37.8 Å². The van der Waals surface area contributed by atoms with Gasteiger partial charge in [0.25, 0.3) is 0 Å². The van der Waals surface area contributed by atoms with Crippen LogP contribution in [0.2, 0.25) is 0 Å². The molecule has 3 aromatic rings. The maximum absolute atomic E-state index is 9.66. The van der Waals surface area contributed by atoms with Crippen molar-refractivity contribution in [3.8, 4) is 12.1 Å². The van der Waals surface area contributed by atoms with E-state index in [9.17, 15) is 10.5 Å². The highest BCUT2D eigenvalue weighted by molar-refractivity contribution is 5.74. The van der Waals surface area contributed by atoms with E-state index in [-0.39, 0.29) is 0 Å². The average molecular weight is 400 g/mol. The van der Waals surface area contributed by atoms with Gasteiger partial charge in [-0.3, -0.25) is 0 Å². The number of benzene rings is 1. The molecule has 0 radical (unpaired) electrons. The maximum Gasteiger partial charge on any atom is 0.178 e. The number of nitriles is 2. The molecule has 0 amide bonds. The van der Waals surface area contributed by atoms with E-state index >= 15 is 0 Å². The molecule has 1 aliphatic carbocycles. The summed E-state index contributed by atoms with van der Waals surface area (Å²) in [5, 5.41) is 30.3. The fraction of sp³-hybridized carbons (Fsp3) is 0.333. The first-order valence-corrected chi connectivity index (χ1v) is 9.94. The number of hydrogen-bond donors (Lipinski definition) is 2. The molecule has 9 nitrogen and oxygen atoms in total. The summed E-state index contributed by atoms with van der Waals surface area (Å²) in [6.07, 6.45) is 3.77. The first kappa shape index (κ1) is 18.2. The van der Waals surface area contributed by atoms with Gasteiger partial charge in [0.05, 0.1) is 36.3 Å². The van der Waals surface area contributed by atoms with Crippen molar-refractivity contribution in [2.45, 2.75) is 18.9 Å². The van der Waals surface area contributed by atoms with Crippen LogP contribution in [0.1, 0.15) is 24.1 Å².